The lowest BCUT2D eigenvalue weighted by Gasteiger charge is -2.09. The number of nitrogens with zero attached hydrogens (tertiary/aromatic N) is 3. The summed E-state index contributed by atoms with van der Waals surface area (Å²) in [5, 5.41) is 3.11. The highest BCUT2D eigenvalue weighted by molar-refractivity contribution is 5.62. The molecule has 0 saturated heterocycles. The molecule has 6 heteroatoms. The van der Waals surface area contributed by atoms with Gasteiger partial charge in [0, 0.05) is 31.0 Å². The molecule has 2 aromatic heterocycles. The van der Waals surface area contributed by atoms with Gasteiger partial charge in [-0.05, 0) is 19.9 Å². The van der Waals surface area contributed by atoms with Crippen LogP contribution in [0, 0.1) is 5.82 Å². The van der Waals surface area contributed by atoms with Gasteiger partial charge in [0.05, 0.1) is 11.9 Å². The van der Waals surface area contributed by atoms with Crippen LogP contribution in [0.25, 0.3) is 11.3 Å². The molecule has 0 amide bonds. The Bertz CT molecular complexity index is 577. The summed E-state index contributed by atoms with van der Waals surface area (Å²) in [6.07, 6.45) is 2.71. The van der Waals surface area contributed by atoms with Crippen LogP contribution in [0.15, 0.2) is 24.5 Å². The molecule has 0 saturated carbocycles. The van der Waals surface area contributed by atoms with E-state index >= 15 is 0 Å². The SMILES string of the molecule is CCNc1cc(-c2ccncc2F)nc(COCC)n1. The number of hydrogen-bond acceptors (Lipinski definition) is 5. The molecule has 2 rings (SSSR count). The van der Waals surface area contributed by atoms with Crippen LogP contribution >= 0.6 is 0 Å². The molecule has 0 aromatic carbocycles. The molecule has 0 unspecified atom stereocenters. The molecule has 106 valence electrons. The Balaban J connectivity index is 2.40. The summed E-state index contributed by atoms with van der Waals surface area (Å²) < 4.78 is 19.1. The molecule has 0 aliphatic carbocycles. The molecule has 1 N–H and O–H groups in total. The van der Waals surface area contributed by atoms with Gasteiger partial charge in [-0.2, -0.15) is 0 Å². The Labute approximate surface area is 117 Å². The predicted octanol–water partition coefficient (Wildman–Crippen LogP) is 2.65. The van der Waals surface area contributed by atoms with E-state index in [1.807, 2.05) is 13.8 Å². The molecule has 0 aliphatic rings. The lowest BCUT2D eigenvalue weighted by atomic mass is 10.2. The van der Waals surface area contributed by atoms with Crippen molar-refractivity contribution in [2.45, 2.75) is 20.5 Å². The normalized spacial score (nSPS) is 10.6. The first-order chi connectivity index (χ1) is 9.74. The minimum atomic E-state index is -0.406. The van der Waals surface area contributed by atoms with Crippen molar-refractivity contribution in [3.63, 3.8) is 0 Å². The van der Waals surface area contributed by atoms with E-state index in [0.29, 0.717) is 36.1 Å². The first-order valence-corrected chi connectivity index (χ1v) is 6.54. The van der Waals surface area contributed by atoms with Gasteiger partial charge in [-0.3, -0.25) is 4.98 Å². The molecule has 0 aliphatic heterocycles. The number of halogens is 1. The van der Waals surface area contributed by atoms with E-state index < -0.39 is 5.82 Å². The average molecular weight is 276 g/mol. The third kappa shape index (κ3) is 3.48. The first kappa shape index (κ1) is 14.3. The zero-order chi connectivity index (χ0) is 14.4. The fourth-order valence-corrected chi connectivity index (χ4v) is 1.75. The zero-order valence-electron chi connectivity index (χ0n) is 11.6. The quantitative estimate of drug-likeness (QED) is 0.879. The van der Waals surface area contributed by atoms with Gasteiger partial charge < -0.3 is 10.1 Å². The number of hydrogen-bond donors (Lipinski definition) is 1. The van der Waals surface area contributed by atoms with Crippen LogP contribution in [-0.2, 0) is 11.3 Å². The number of anilines is 1. The molecule has 0 bridgehead atoms. The van der Waals surface area contributed by atoms with Crippen LogP contribution < -0.4 is 5.32 Å². The maximum absolute atomic E-state index is 13.8. The van der Waals surface area contributed by atoms with Crippen molar-refractivity contribution in [1.82, 2.24) is 15.0 Å². The second-order valence-electron chi connectivity index (χ2n) is 4.08. The van der Waals surface area contributed by atoms with Gasteiger partial charge in [-0.25, -0.2) is 14.4 Å². The molecule has 20 heavy (non-hydrogen) atoms. The molecule has 0 radical (unpaired) electrons. The third-order valence-corrected chi connectivity index (χ3v) is 2.61. The maximum Gasteiger partial charge on any atom is 0.157 e. The number of rotatable bonds is 6. The fourth-order valence-electron chi connectivity index (χ4n) is 1.75. The van der Waals surface area contributed by atoms with Gasteiger partial charge in [0.2, 0.25) is 0 Å². The Morgan fingerprint density at radius 3 is 2.85 bits per heavy atom. The molecule has 2 aromatic rings. The van der Waals surface area contributed by atoms with Gasteiger partial charge in [0.1, 0.15) is 12.4 Å². The molecular weight excluding hydrogens is 259 g/mol. The number of aromatic nitrogens is 3. The summed E-state index contributed by atoms with van der Waals surface area (Å²) in [5.41, 5.74) is 0.921. The van der Waals surface area contributed by atoms with Gasteiger partial charge in [0.25, 0.3) is 0 Å². The van der Waals surface area contributed by atoms with Gasteiger partial charge >= 0.3 is 0 Å². The van der Waals surface area contributed by atoms with E-state index in [1.54, 1.807) is 12.1 Å². The van der Waals surface area contributed by atoms with Crippen molar-refractivity contribution in [3.05, 3.63) is 36.2 Å². The average Bonchev–Trinajstić information content (AvgIpc) is 2.46. The summed E-state index contributed by atoms with van der Waals surface area (Å²) >= 11 is 0. The molecular formula is C14H17FN4O. The standard InChI is InChI=1S/C14H17FN4O/c1-3-17-13-7-12(10-5-6-16-8-11(10)15)18-14(19-13)9-20-4-2/h5-8H,3-4,9H2,1-2H3,(H,17,18,19). The Hall–Kier alpha value is -2.08. The van der Waals surface area contributed by atoms with E-state index in [2.05, 4.69) is 20.3 Å². The Kier molecular flexibility index (Phi) is 4.95. The van der Waals surface area contributed by atoms with E-state index in [9.17, 15) is 4.39 Å². The topological polar surface area (TPSA) is 59.9 Å². The molecule has 5 nitrogen and oxygen atoms in total. The van der Waals surface area contributed by atoms with Crippen LogP contribution in [0.5, 0.6) is 0 Å². The third-order valence-electron chi connectivity index (χ3n) is 2.61. The van der Waals surface area contributed by atoms with Crippen molar-refractivity contribution in [2.75, 3.05) is 18.5 Å². The van der Waals surface area contributed by atoms with E-state index in [1.165, 1.54) is 12.4 Å². The van der Waals surface area contributed by atoms with Crippen LogP contribution in [-0.4, -0.2) is 28.1 Å². The zero-order valence-corrected chi connectivity index (χ0v) is 11.6. The van der Waals surface area contributed by atoms with E-state index in [4.69, 9.17) is 4.74 Å². The maximum atomic E-state index is 13.8. The Morgan fingerprint density at radius 1 is 1.30 bits per heavy atom. The smallest absolute Gasteiger partial charge is 0.157 e. The van der Waals surface area contributed by atoms with Crippen molar-refractivity contribution in [2.24, 2.45) is 0 Å². The minimum Gasteiger partial charge on any atom is -0.374 e. The Morgan fingerprint density at radius 2 is 2.15 bits per heavy atom. The van der Waals surface area contributed by atoms with Crippen molar-refractivity contribution in [3.8, 4) is 11.3 Å². The second-order valence-corrected chi connectivity index (χ2v) is 4.08. The van der Waals surface area contributed by atoms with E-state index in [0.717, 1.165) is 6.54 Å². The lowest BCUT2D eigenvalue weighted by molar-refractivity contribution is 0.128. The van der Waals surface area contributed by atoms with Crippen molar-refractivity contribution in [1.29, 1.82) is 0 Å². The number of nitrogens with one attached hydrogen (secondary N) is 1. The summed E-state index contributed by atoms with van der Waals surface area (Å²) in [7, 11) is 0. The van der Waals surface area contributed by atoms with Crippen molar-refractivity contribution < 1.29 is 9.13 Å². The van der Waals surface area contributed by atoms with Crippen LogP contribution in [0.3, 0.4) is 0 Å². The van der Waals surface area contributed by atoms with Crippen LogP contribution in [0.1, 0.15) is 19.7 Å². The van der Waals surface area contributed by atoms with Gasteiger partial charge in [0.15, 0.2) is 11.6 Å². The highest BCUT2D eigenvalue weighted by Crippen LogP contribution is 2.22. The minimum absolute atomic E-state index is 0.301. The fraction of sp³-hybridized carbons (Fsp3) is 0.357. The largest absolute Gasteiger partial charge is 0.374 e. The van der Waals surface area contributed by atoms with Crippen molar-refractivity contribution >= 4 is 5.82 Å². The highest BCUT2D eigenvalue weighted by atomic mass is 19.1. The number of ether oxygens (including phenoxy) is 1. The predicted molar refractivity (Wildman–Crippen MR) is 74.7 cm³/mol. The molecule has 0 fully saturated rings. The lowest BCUT2D eigenvalue weighted by Crippen LogP contribution is -2.06. The summed E-state index contributed by atoms with van der Waals surface area (Å²) in [5.74, 6) is 0.774. The van der Waals surface area contributed by atoms with Gasteiger partial charge in [-0.15, -0.1) is 0 Å². The molecule has 0 spiro atoms. The monoisotopic (exact) mass is 276 g/mol. The summed E-state index contributed by atoms with van der Waals surface area (Å²) in [6, 6.07) is 3.31. The summed E-state index contributed by atoms with van der Waals surface area (Å²) in [4.78, 5) is 12.4. The highest BCUT2D eigenvalue weighted by Gasteiger charge is 2.10. The molecule has 0 atom stereocenters. The van der Waals surface area contributed by atoms with E-state index in [-0.39, 0.29) is 0 Å². The second kappa shape index (κ2) is 6.91. The van der Waals surface area contributed by atoms with Crippen LogP contribution in [0.4, 0.5) is 10.2 Å². The van der Waals surface area contributed by atoms with Crippen LogP contribution in [0.2, 0.25) is 0 Å². The molecule has 2 heterocycles. The van der Waals surface area contributed by atoms with Gasteiger partial charge in [-0.1, -0.05) is 0 Å². The first-order valence-electron chi connectivity index (χ1n) is 6.54. The summed E-state index contributed by atoms with van der Waals surface area (Å²) in [6.45, 7) is 5.47. The number of pyridine rings is 1.